The van der Waals surface area contributed by atoms with Crippen molar-refractivity contribution >= 4 is 6.09 Å². The van der Waals surface area contributed by atoms with Crippen molar-refractivity contribution < 1.29 is 22.7 Å². The van der Waals surface area contributed by atoms with Gasteiger partial charge in [0.1, 0.15) is 11.3 Å². The summed E-state index contributed by atoms with van der Waals surface area (Å²) in [4.78, 5) is 15.5. The van der Waals surface area contributed by atoms with Crippen LogP contribution in [0.5, 0.6) is 0 Å². The minimum absolute atomic E-state index is 0.307. The summed E-state index contributed by atoms with van der Waals surface area (Å²) in [5.41, 5.74) is -0.531. The highest BCUT2D eigenvalue weighted by Gasteiger charge is 2.33. The van der Waals surface area contributed by atoms with E-state index in [1.807, 2.05) is 30.3 Å². The third-order valence-electron chi connectivity index (χ3n) is 3.45. The molecule has 1 N–H and O–H groups in total. The number of carbonyl (C=O) groups excluding carboxylic acids is 1. The van der Waals surface area contributed by atoms with Crippen LogP contribution >= 0.6 is 0 Å². The average Bonchev–Trinajstić information content (AvgIpc) is 2.53. The average molecular weight is 366 g/mol. The number of nitrogens with one attached hydrogen (secondary N) is 1. The van der Waals surface area contributed by atoms with Gasteiger partial charge in [-0.1, -0.05) is 30.3 Å². The smallest absolute Gasteiger partial charge is 0.433 e. The summed E-state index contributed by atoms with van der Waals surface area (Å²) in [6.07, 6.45) is -3.84. The molecule has 1 heterocycles. The maximum Gasteiger partial charge on any atom is 0.433 e. The molecular formula is C19H21F3N2O2. The van der Waals surface area contributed by atoms with Gasteiger partial charge < -0.3 is 10.1 Å². The van der Waals surface area contributed by atoms with Gasteiger partial charge in [-0.05, 0) is 50.5 Å². The van der Waals surface area contributed by atoms with Gasteiger partial charge in [0.25, 0.3) is 0 Å². The zero-order valence-corrected chi connectivity index (χ0v) is 14.8. The number of carbonyl (C=O) groups is 1. The monoisotopic (exact) mass is 366 g/mol. The van der Waals surface area contributed by atoms with E-state index in [-0.39, 0.29) is 0 Å². The molecule has 0 bridgehead atoms. The maximum absolute atomic E-state index is 13.0. The van der Waals surface area contributed by atoms with Crippen LogP contribution in [0.25, 0.3) is 0 Å². The quantitative estimate of drug-likeness (QED) is 0.837. The highest BCUT2D eigenvalue weighted by Crippen LogP contribution is 2.30. The molecule has 1 amide bonds. The number of ether oxygens (including phenoxy) is 1. The van der Waals surface area contributed by atoms with E-state index in [4.69, 9.17) is 4.74 Å². The first-order valence-corrected chi connectivity index (χ1v) is 8.11. The SMILES string of the molecule is CC(C)(C)OC(=O)N[C@@H](Cc1ccccc1)c1ccnc(C(F)(F)F)c1. The first-order valence-electron chi connectivity index (χ1n) is 8.11. The second kappa shape index (κ2) is 7.76. The van der Waals surface area contributed by atoms with E-state index >= 15 is 0 Å². The largest absolute Gasteiger partial charge is 0.444 e. The summed E-state index contributed by atoms with van der Waals surface area (Å²) in [5.74, 6) is 0. The summed E-state index contributed by atoms with van der Waals surface area (Å²) in [7, 11) is 0. The van der Waals surface area contributed by atoms with Crippen LogP contribution in [0.3, 0.4) is 0 Å². The molecule has 0 saturated carbocycles. The lowest BCUT2D eigenvalue weighted by Crippen LogP contribution is -2.36. The summed E-state index contributed by atoms with van der Waals surface area (Å²) >= 11 is 0. The molecule has 0 aliphatic heterocycles. The van der Waals surface area contributed by atoms with Gasteiger partial charge in [0.05, 0.1) is 6.04 Å². The summed E-state index contributed by atoms with van der Waals surface area (Å²) in [6, 6.07) is 10.9. The molecule has 0 aliphatic carbocycles. The number of pyridine rings is 1. The molecule has 4 nitrogen and oxygen atoms in total. The summed E-state index contributed by atoms with van der Waals surface area (Å²) < 4.78 is 44.1. The Labute approximate surface area is 150 Å². The number of alkyl carbamates (subject to hydrolysis) is 1. The van der Waals surface area contributed by atoms with Crippen LogP contribution in [0, 0.1) is 0 Å². The third-order valence-corrected chi connectivity index (χ3v) is 3.45. The normalized spacial score (nSPS) is 13.2. The lowest BCUT2D eigenvalue weighted by Gasteiger charge is -2.24. The summed E-state index contributed by atoms with van der Waals surface area (Å²) in [5, 5.41) is 2.66. The van der Waals surface area contributed by atoms with Crippen molar-refractivity contribution in [1.29, 1.82) is 0 Å². The predicted octanol–water partition coefficient (Wildman–Crippen LogP) is 4.91. The molecule has 0 fully saturated rings. The first kappa shape index (κ1) is 19.8. The number of amides is 1. The predicted molar refractivity (Wildman–Crippen MR) is 91.5 cm³/mol. The Balaban J connectivity index is 2.29. The number of halogens is 3. The van der Waals surface area contributed by atoms with Crippen LogP contribution in [0.4, 0.5) is 18.0 Å². The first-order chi connectivity index (χ1) is 12.0. The Morgan fingerprint density at radius 3 is 2.38 bits per heavy atom. The zero-order chi connectivity index (χ0) is 19.4. The van der Waals surface area contributed by atoms with E-state index in [0.29, 0.717) is 12.0 Å². The van der Waals surface area contributed by atoms with Crippen molar-refractivity contribution in [2.24, 2.45) is 0 Å². The highest BCUT2D eigenvalue weighted by molar-refractivity contribution is 5.68. The van der Waals surface area contributed by atoms with Crippen molar-refractivity contribution in [3.8, 4) is 0 Å². The Morgan fingerprint density at radius 1 is 1.15 bits per heavy atom. The van der Waals surface area contributed by atoms with Crippen LogP contribution < -0.4 is 5.32 Å². The molecular weight excluding hydrogens is 345 g/mol. The standard InChI is InChI=1S/C19H21F3N2O2/c1-18(2,3)26-17(25)24-15(11-13-7-5-4-6-8-13)14-9-10-23-16(12-14)19(20,21)22/h4-10,12,15H,11H2,1-3H3,(H,24,25)/t15-/m0/s1. The second-order valence-corrected chi connectivity index (χ2v) is 6.86. The molecule has 26 heavy (non-hydrogen) atoms. The van der Waals surface area contributed by atoms with Crippen LogP contribution in [0.15, 0.2) is 48.7 Å². The van der Waals surface area contributed by atoms with Crippen molar-refractivity contribution in [3.63, 3.8) is 0 Å². The van der Waals surface area contributed by atoms with Gasteiger partial charge in [-0.3, -0.25) is 4.98 Å². The number of alkyl halides is 3. The molecule has 0 saturated heterocycles. The molecule has 0 aliphatic rings. The fourth-order valence-electron chi connectivity index (χ4n) is 2.37. The minimum Gasteiger partial charge on any atom is -0.444 e. The van der Waals surface area contributed by atoms with E-state index in [1.54, 1.807) is 20.8 Å². The second-order valence-electron chi connectivity index (χ2n) is 6.86. The lowest BCUT2D eigenvalue weighted by molar-refractivity contribution is -0.141. The van der Waals surface area contributed by atoms with Crippen molar-refractivity contribution in [2.75, 3.05) is 0 Å². The van der Waals surface area contributed by atoms with E-state index in [0.717, 1.165) is 17.8 Å². The van der Waals surface area contributed by atoms with Gasteiger partial charge >= 0.3 is 12.3 Å². The molecule has 2 aromatic rings. The van der Waals surface area contributed by atoms with Crippen LogP contribution in [-0.4, -0.2) is 16.7 Å². The molecule has 1 atom stereocenters. The van der Waals surface area contributed by atoms with Crippen molar-refractivity contribution in [3.05, 3.63) is 65.5 Å². The molecule has 0 unspecified atom stereocenters. The zero-order valence-electron chi connectivity index (χ0n) is 14.8. The Morgan fingerprint density at radius 2 is 1.81 bits per heavy atom. The highest BCUT2D eigenvalue weighted by atomic mass is 19.4. The lowest BCUT2D eigenvalue weighted by atomic mass is 9.99. The topological polar surface area (TPSA) is 51.2 Å². The molecule has 1 aromatic heterocycles. The third kappa shape index (κ3) is 6.06. The number of benzene rings is 1. The fraction of sp³-hybridized carbons (Fsp3) is 0.368. The minimum atomic E-state index is -4.56. The molecule has 140 valence electrons. The number of hydrogen-bond donors (Lipinski definition) is 1. The van der Waals surface area contributed by atoms with E-state index in [2.05, 4.69) is 10.3 Å². The molecule has 2 rings (SSSR count). The Kier molecular flexibility index (Phi) is 5.90. The van der Waals surface area contributed by atoms with E-state index < -0.39 is 29.6 Å². The maximum atomic E-state index is 13.0. The molecule has 0 radical (unpaired) electrons. The van der Waals surface area contributed by atoms with Gasteiger partial charge in [-0.15, -0.1) is 0 Å². The van der Waals surface area contributed by atoms with Crippen molar-refractivity contribution in [2.45, 2.75) is 45.0 Å². The van der Waals surface area contributed by atoms with E-state index in [1.165, 1.54) is 6.07 Å². The number of rotatable bonds is 4. The summed E-state index contributed by atoms with van der Waals surface area (Å²) in [6.45, 7) is 5.15. The van der Waals surface area contributed by atoms with Crippen LogP contribution in [-0.2, 0) is 17.3 Å². The van der Waals surface area contributed by atoms with Gasteiger partial charge in [0, 0.05) is 6.20 Å². The Bertz CT molecular complexity index is 740. The van der Waals surface area contributed by atoms with Crippen LogP contribution in [0.1, 0.15) is 43.6 Å². The van der Waals surface area contributed by atoms with Gasteiger partial charge in [-0.2, -0.15) is 13.2 Å². The van der Waals surface area contributed by atoms with Crippen molar-refractivity contribution in [1.82, 2.24) is 10.3 Å². The number of nitrogens with zero attached hydrogens (tertiary/aromatic N) is 1. The van der Waals surface area contributed by atoms with Crippen LogP contribution in [0.2, 0.25) is 0 Å². The Hall–Kier alpha value is -2.57. The molecule has 1 aromatic carbocycles. The van der Waals surface area contributed by atoms with Gasteiger partial charge in [-0.25, -0.2) is 4.79 Å². The molecule has 0 spiro atoms. The van der Waals surface area contributed by atoms with Gasteiger partial charge in [0.15, 0.2) is 0 Å². The number of aromatic nitrogens is 1. The molecule has 7 heteroatoms. The van der Waals surface area contributed by atoms with Gasteiger partial charge in [0.2, 0.25) is 0 Å². The van der Waals surface area contributed by atoms with E-state index in [9.17, 15) is 18.0 Å². The fourth-order valence-corrected chi connectivity index (χ4v) is 2.37. The number of hydrogen-bond acceptors (Lipinski definition) is 3.